The fraction of sp³-hybridized carbons (Fsp3) is 0.881. The molecule has 1 saturated heterocycles. The van der Waals surface area contributed by atoms with Gasteiger partial charge in [-0.15, -0.1) is 0 Å². The molecule has 9 nitrogen and oxygen atoms in total. The van der Waals surface area contributed by atoms with Gasteiger partial charge in [0.1, 0.15) is 24.4 Å². The summed E-state index contributed by atoms with van der Waals surface area (Å²) in [7, 11) is 0. The van der Waals surface area contributed by atoms with E-state index in [1.807, 2.05) is 6.08 Å². The van der Waals surface area contributed by atoms with Crippen molar-refractivity contribution >= 4 is 5.91 Å². The third kappa shape index (κ3) is 38.1. The summed E-state index contributed by atoms with van der Waals surface area (Å²) in [5, 5.41) is 54.5. The predicted octanol–water partition coefficient (Wildman–Crippen LogP) is 14.4. The molecule has 0 aliphatic carbocycles. The van der Waals surface area contributed by atoms with Gasteiger partial charge in [0.2, 0.25) is 5.91 Å². The van der Waals surface area contributed by atoms with Crippen molar-refractivity contribution in [2.24, 2.45) is 0 Å². The van der Waals surface area contributed by atoms with Gasteiger partial charge in [0, 0.05) is 6.42 Å². The largest absolute Gasteiger partial charge is 0.394 e. The van der Waals surface area contributed by atoms with Crippen LogP contribution < -0.4 is 5.32 Å². The zero-order valence-corrected chi connectivity index (χ0v) is 44.4. The highest BCUT2D eigenvalue weighted by atomic mass is 16.7. The number of carbonyl (C=O) groups is 1. The normalized spacial score (nSPS) is 19.8. The van der Waals surface area contributed by atoms with Gasteiger partial charge in [-0.3, -0.25) is 4.79 Å². The van der Waals surface area contributed by atoms with E-state index in [4.69, 9.17) is 9.47 Å². The van der Waals surface area contributed by atoms with Crippen molar-refractivity contribution in [2.75, 3.05) is 13.2 Å². The van der Waals surface area contributed by atoms with Gasteiger partial charge in [-0.1, -0.05) is 256 Å². The molecule has 1 rings (SSSR count). The fourth-order valence-corrected chi connectivity index (χ4v) is 9.31. The molecule has 0 bridgehead atoms. The molecular formula is C59H111NO8. The Labute approximate surface area is 419 Å². The highest BCUT2D eigenvalue weighted by Gasteiger charge is 2.44. The number of rotatable bonds is 50. The number of hydrogen-bond acceptors (Lipinski definition) is 8. The van der Waals surface area contributed by atoms with Crippen LogP contribution in [-0.2, 0) is 14.3 Å². The highest BCUT2D eigenvalue weighted by molar-refractivity contribution is 5.76. The number of aliphatic hydroxyl groups excluding tert-OH is 5. The first kappa shape index (κ1) is 64.4. The van der Waals surface area contributed by atoms with Gasteiger partial charge < -0.3 is 40.3 Å². The van der Waals surface area contributed by atoms with Crippen LogP contribution in [0.4, 0.5) is 0 Å². The van der Waals surface area contributed by atoms with Crippen molar-refractivity contribution in [3.63, 3.8) is 0 Å². The molecule has 1 fully saturated rings. The molecule has 1 amide bonds. The summed E-state index contributed by atoms with van der Waals surface area (Å²) in [6.07, 6.45) is 56.3. The van der Waals surface area contributed by atoms with Gasteiger partial charge in [-0.2, -0.15) is 0 Å². The third-order valence-electron chi connectivity index (χ3n) is 14.0. The molecule has 9 heteroatoms. The number of carbonyl (C=O) groups excluding carboxylic acids is 1. The zero-order chi connectivity index (χ0) is 49.4. The maximum atomic E-state index is 13.1. The van der Waals surface area contributed by atoms with E-state index in [2.05, 4.69) is 43.5 Å². The van der Waals surface area contributed by atoms with Crippen LogP contribution in [-0.4, -0.2) is 87.5 Å². The molecule has 7 atom stereocenters. The monoisotopic (exact) mass is 962 g/mol. The Bertz CT molecular complexity index is 1160. The van der Waals surface area contributed by atoms with Crippen LogP contribution in [0.2, 0.25) is 0 Å². The van der Waals surface area contributed by atoms with Gasteiger partial charge in [-0.25, -0.2) is 0 Å². The van der Waals surface area contributed by atoms with Crippen molar-refractivity contribution in [1.29, 1.82) is 0 Å². The van der Waals surface area contributed by atoms with Gasteiger partial charge >= 0.3 is 0 Å². The number of aliphatic hydroxyl groups is 5. The Balaban J connectivity index is 2.22. The predicted molar refractivity (Wildman–Crippen MR) is 286 cm³/mol. The van der Waals surface area contributed by atoms with E-state index in [0.717, 1.165) is 44.9 Å². The van der Waals surface area contributed by atoms with E-state index in [0.29, 0.717) is 6.42 Å². The quantitative estimate of drug-likeness (QED) is 0.0261. The first-order valence-corrected chi connectivity index (χ1v) is 29.2. The van der Waals surface area contributed by atoms with Gasteiger partial charge in [0.05, 0.1) is 25.4 Å². The summed E-state index contributed by atoms with van der Waals surface area (Å²) in [6, 6.07) is -0.805. The molecule has 68 heavy (non-hydrogen) atoms. The van der Waals surface area contributed by atoms with Crippen LogP contribution >= 0.6 is 0 Å². The van der Waals surface area contributed by atoms with Crippen molar-refractivity contribution in [3.8, 4) is 0 Å². The molecule has 0 saturated carbocycles. The Hall–Kier alpha value is -1.59. The number of amides is 1. The number of allylic oxidation sites excluding steroid dienone is 5. The number of nitrogens with one attached hydrogen (secondary N) is 1. The minimum Gasteiger partial charge on any atom is -0.394 e. The van der Waals surface area contributed by atoms with Crippen molar-refractivity contribution < 1.29 is 39.8 Å². The summed E-state index contributed by atoms with van der Waals surface area (Å²) >= 11 is 0. The van der Waals surface area contributed by atoms with Crippen molar-refractivity contribution in [1.82, 2.24) is 5.32 Å². The van der Waals surface area contributed by atoms with E-state index in [-0.39, 0.29) is 12.5 Å². The average molecular weight is 963 g/mol. The summed E-state index contributed by atoms with van der Waals surface area (Å²) in [6.45, 7) is 3.80. The minimum atomic E-state index is -1.57. The molecule has 1 aliphatic heterocycles. The minimum absolute atomic E-state index is 0.175. The Morgan fingerprint density at radius 2 is 0.868 bits per heavy atom. The molecule has 0 aromatic carbocycles. The highest BCUT2D eigenvalue weighted by Crippen LogP contribution is 2.23. The fourth-order valence-electron chi connectivity index (χ4n) is 9.31. The van der Waals surface area contributed by atoms with Crippen LogP contribution in [0, 0.1) is 0 Å². The molecular weight excluding hydrogens is 851 g/mol. The molecule has 6 N–H and O–H groups in total. The number of unbranched alkanes of at least 4 members (excludes halogenated alkanes) is 36. The summed E-state index contributed by atoms with van der Waals surface area (Å²) < 4.78 is 11.3. The smallest absolute Gasteiger partial charge is 0.220 e. The Morgan fingerprint density at radius 3 is 1.26 bits per heavy atom. The van der Waals surface area contributed by atoms with E-state index >= 15 is 0 Å². The van der Waals surface area contributed by atoms with Crippen molar-refractivity contribution in [2.45, 2.75) is 320 Å². The molecule has 1 aliphatic rings. The van der Waals surface area contributed by atoms with E-state index in [1.165, 1.54) is 212 Å². The number of ether oxygens (including phenoxy) is 2. The molecule has 400 valence electrons. The van der Waals surface area contributed by atoms with Crippen LogP contribution in [0.3, 0.4) is 0 Å². The standard InChI is InChI=1S/C59H111NO8/c1-3-5-7-9-11-13-15-17-19-21-23-25-26-27-28-29-31-33-35-37-39-41-43-45-47-49-55(63)60-52(51-67-59-58(66)57(65)56(64)54(50-61)68-59)53(62)48-46-44-42-40-38-36-34-32-30-24-22-20-18-16-14-12-10-8-6-4-2/h15,17,21,23,46,48,52-54,56-59,61-62,64-66H,3-14,16,18-20,22,24-45,47,49-51H2,1-2H3,(H,60,63)/b17-15-,23-21-,48-46+. The Kier molecular flexibility index (Phi) is 46.4. The lowest BCUT2D eigenvalue weighted by molar-refractivity contribution is -0.302. The van der Waals surface area contributed by atoms with Crippen LogP contribution in [0.1, 0.15) is 277 Å². The maximum Gasteiger partial charge on any atom is 0.220 e. The van der Waals surface area contributed by atoms with Gasteiger partial charge in [0.25, 0.3) is 0 Å². The van der Waals surface area contributed by atoms with Gasteiger partial charge in [-0.05, 0) is 51.4 Å². The van der Waals surface area contributed by atoms with Crippen LogP contribution in [0.15, 0.2) is 36.5 Å². The second-order valence-electron chi connectivity index (χ2n) is 20.4. The summed E-state index contributed by atoms with van der Waals surface area (Å²) in [4.78, 5) is 13.1. The van der Waals surface area contributed by atoms with Crippen molar-refractivity contribution in [3.05, 3.63) is 36.5 Å². The first-order chi connectivity index (χ1) is 33.3. The molecule has 0 aromatic heterocycles. The molecule has 0 radical (unpaired) electrons. The van der Waals surface area contributed by atoms with E-state index < -0.39 is 49.5 Å². The summed E-state index contributed by atoms with van der Waals surface area (Å²) in [5.74, 6) is -0.175. The Morgan fingerprint density at radius 1 is 0.500 bits per heavy atom. The lowest BCUT2D eigenvalue weighted by atomic mass is 9.99. The topological polar surface area (TPSA) is 149 Å². The molecule has 7 unspecified atom stereocenters. The molecule has 0 spiro atoms. The SMILES string of the molecule is CCCCCCC/C=C\C/C=C\CCCCCCCCCCCCCCCC(=O)NC(COC1OC(CO)C(O)C(O)C1O)C(O)/C=C/CCCCCCCCCCCCCCCCCCCC. The molecule has 1 heterocycles. The molecule has 0 aromatic rings. The maximum absolute atomic E-state index is 13.1. The lowest BCUT2D eigenvalue weighted by Crippen LogP contribution is -2.60. The second kappa shape index (κ2) is 49.0. The third-order valence-corrected chi connectivity index (χ3v) is 14.0. The van der Waals surface area contributed by atoms with E-state index in [1.54, 1.807) is 6.08 Å². The van der Waals surface area contributed by atoms with Gasteiger partial charge in [0.15, 0.2) is 6.29 Å². The average Bonchev–Trinajstić information content (AvgIpc) is 3.34. The first-order valence-electron chi connectivity index (χ1n) is 29.2. The zero-order valence-electron chi connectivity index (χ0n) is 44.4. The van der Waals surface area contributed by atoms with E-state index in [9.17, 15) is 30.3 Å². The van der Waals surface area contributed by atoms with Crippen LogP contribution in [0.5, 0.6) is 0 Å². The lowest BCUT2D eigenvalue weighted by Gasteiger charge is -2.40. The van der Waals surface area contributed by atoms with Crippen LogP contribution in [0.25, 0.3) is 0 Å². The summed E-state index contributed by atoms with van der Waals surface area (Å²) in [5.41, 5.74) is 0. The second-order valence-corrected chi connectivity index (χ2v) is 20.4. The number of hydrogen-bond donors (Lipinski definition) is 6.